The average Bonchev–Trinajstić information content (AvgIpc) is 3.27. The third kappa shape index (κ3) is 7.86. The molecule has 7 rings (SSSR count). The fraction of sp³-hybridized carbons (Fsp3) is 0. The molecule has 2 nitrogen and oxygen atoms in total. The van der Waals surface area contributed by atoms with Gasteiger partial charge in [-0.3, -0.25) is 0 Å². The van der Waals surface area contributed by atoms with E-state index in [0.29, 0.717) is 0 Å². The highest BCUT2D eigenvalue weighted by Gasteiger charge is 2.37. The summed E-state index contributed by atoms with van der Waals surface area (Å²) in [5.41, 5.74) is -9.07. The van der Waals surface area contributed by atoms with Gasteiger partial charge in [-0.2, -0.15) is 0 Å². The number of rotatable bonds is 8. The average molecular weight is 862 g/mol. The highest BCUT2D eigenvalue weighted by molar-refractivity contribution is 6.16. The van der Waals surface area contributed by atoms with Crippen LogP contribution >= 0.6 is 0 Å². The summed E-state index contributed by atoms with van der Waals surface area (Å²) in [5, 5.41) is 11.2. The molecule has 0 amide bonds. The number of halogens is 15. The van der Waals surface area contributed by atoms with Crippen molar-refractivity contribution >= 4 is 7.69 Å². The van der Waals surface area contributed by atoms with Gasteiger partial charge < -0.3 is 9.68 Å². The minimum absolute atomic E-state index is 0.0895. The van der Waals surface area contributed by atoms with Crippen molar-refractivity contribution in [1.82, 2.24) is 0 Å². The van der Waals surface area contributed by atoms with Crippen molar-refractivity contribution in [2.75, 3.05) is 0 Å². The lowest BCUT2D eigenvalue weighted by molar-refractivity contribution is -0.198. The summed E-state index contributed by atoms with van der Waals surface area (Å²) < 4.78 is 220. The summed E-state index contributed by atoms with van der Waals surface area (Å²) in [6.07, 6.45) is 0. The van der Waals surface area contributed by atoms with E-state index in [2.05, 4.69) is 95.6 Å². The third-order valence-corrected chi connectivity index (χ3v) is 8.97. The van der Waals surface area contributed by atoms with E-state index in [1.807, 2.05) is 0 Å². The van der Waals surface area contributed by atoms with Gasteiger partial charge in [0.2, 0.25) is 25.1 Å². The molecule has 0 radical (unpaired) electrons. The fourth-order valence-electron chi connectivity index (χ4n) is 6.29. The van der Waals surface area contributed by atoms with Crippen LogP contribution in [-0.4, -0.2) is 7.69 Å². The normalized spacial score (nSPS) is 11.0. The first-order chi connectivity index (χ1) is 29.0. The lowest BCUT2D eigenvalue weighted by atomic mass is 9.85. The molecule has 0 unspecified atom stereocenters. The second-order valence-corrected chi connectivity index (χ2v) is 12.4. The van der Waals surface area contributed by atoms with Gasteiger partial charge in [0.1, 0.15) is 5.75 Å². The van der Waals surface area contributed by atoms with Crippen molar-refractivity contribution in [1.29, 1.82) is 0 Å². The van der Waals surface area contributed by atoms with Gasteiger partial charge in [-0.15, -0.1) is 0 Å². The van der Waals surface area contributed by atoms with Crippen molar-refractivity contribution < 1.29 is 75.5 Å². The zero-order chi connectivity index (χ0) is 44.4. The third-order valence-electron chi connectivity index (χ3n) is 8.97. The minimum Gasteiger partial charge on any atom is -0.849 e. The largest absolute Gasteiger partial charge is 0.849 e. The SMILES string of the molecule is [O-]BOc1ccc(-c2c(F)c(F)c(F)c(F)c2F)c(-c2c(F)c(F)c(F)c(F)c2F)c1-c1c(F)c(F)c(F)c(F)c1F.c1ccc([C+](c2ccccc2)c2ccccc2)cc1. The van der Waals surface area contributed by atoms with E-state index in [-0.39, 0.29) is 12.1 Å². The number of hydrogen-bond acceptors (Lipinski definition) is 2. The van der Waals surface area contributed by atoms with Crippen LogP contribution in [0.15, 0.2) is 103 Å². The molecule has 0 fully saturated rings. The van der Waals surface area contributed by atoms with Gasteiger partial charge in [0, 0.05) is 11.1 Å². The number of benzene rings is 7. The van der Waals surface area contributed by atoms with Crippen molar-refractivity contribution in [3.05, 3.63) is 213 Å². The van der Waals surface area contributed by atoms with E-state index in [1.165, 1.54) is 22.6 Å². The molecule has 18 heteroatoms. The van der Waals surface area contributed by atoms with Gasteiger partial charge in [-0.05, 0) is 90.5 Å². The van der Waals surface area contributed by atoms with E-state index in [1.54, 1.807) is 0 Å². The van der Waals surface area contributed by atoms with Gasteiger partial charge >= 0.3 is 0 Å². The summed E-state index contributed by atoms with van der Waals surface area (Å²) in [6.45, 7) is 0. The first-order valence-electron chi connectivity index (χ1n) is 17.0. The lowest BCUT2D eigenvalue weighted by Crippen LogP contribution is -2.19. The van der Waals surface area contributed by atoms with Crippen LogP contribution in [0, 0.1) is 93.2 Å². The molecule has 0 aromatic heterocycles. The summed E-state index contributed by atoms with van der Waals surface area (Å²) in [6, 6.07) is 31.9. The van der Waals surface area contributed by atoms with Crippen LogP contribution in [-0.2, 0) is 0 Å². The van der Waals surface area contributed by atoms with Crippen molar-refractivity contribution in [2.24, 2.45) is 0 Å². The maximum absolute atomic E-state index is 15.0. The Morgan fingerprint density at radius 2 is 0.590 bits per heavy atom. The predicted octanol–water partition coefficient (Wildman–Crippen LogP) is 11.5. The monoisotopic (exact) mass is 862 g/mol. The Kier molecular flexibility index (Phi) is 12.8. The van der Waals surface area contributed by atoms with Crippen LogP contribution in [0.5, 0.6) is 5.75 Å². The Morgan fingerprint density at radius 1 is 0.311 bits per heavy atom. The summed E-state index contributed by atoms with van der Waals surface area (Å²) >= 11 is 0. The van der Waals surface area contributed by atoms with E-state index in [0.717, 1.165) is 0 Å². The first kappa shape index (κ1) is 43.8. The zero-order valence-corrected chi connectivity index (χ0v) is 30.0. The molecule has 7 aromatic rings. The zero-order valence-electron chi connectivity index (χ0n) is 30.0. The Bertz CT molecular complexity index is 2590. The molecule has 0 heterocycles. The van der Waals surface area contributed by atoms with E-state index < -0.39 is 134 Å². The molecule has 0 spiro atoms. The quantitative estimate of drug-likeness (QED) is 0.0381. The summed E-state index contributed by atoms with van der Waals surface area (Å²) in [5.74, 6) is -42.9. The molecule has 0 saturated heterocycles. The molecule has 0 saturated carbocycles. The van der Waals surface area contributed by atoms with Crippen molar-refractivity contribution in [2.45, 2.75) is 0 Å². The molecule has 7 aromatic carbocycles. The van der Waals surface area contributed by atoms with Crippen LogP contribution in [0.2, 0.25) is 0 Å². The summed E-state index contributed by atoms with van der Waals surface area (Å²) in [4.78, 5) is 0. The topological polar surface area (TPSA) is 32.3 Å². The fourth-order valence-corrected chi connectivity index (χ4v) is 6.29. The molecule has 0 aliphatic carbocycles. The van der Waals surface area contributed by atoms with Crippen LogP contribution in [0.4, 0.5) is 65.9 Å². The molecule has 0 bridgehead atoms. The Morgan fingerprint density at radius 3 is 0.902 bits per heavy atom. The van der Waals surface area contributed by atoms with E-state index in [4.69, 9.17) is 0 Å². The smallest absolute Gasteiger partial charge is 0.232 e. The summed E-state index contributed by atoms with van der Waals surface area (Å²) in [7, 11) is -1.85. The Balaban J connectivity index is 0.000000270. The number of hydrogen-bond donors (Lipinski definition) is 0. The van der Waals surface area contributed by atoms with Gasteiger partial charge in [-0.1, -0.05) is 18.2 Å². The van der Waals surface area contributed by atoms with Gasteiger partial charge in [0.05, 0.1) is 39.3 Å². The molecule has 0 atom stereocenters. The standard InChI is InChI=1S/C24H3BF15O2.C19H15/c26-10-6(11(27)17(33)22(38)16(10)32)3-1-2-4(42-25-41)7(9-14(30)20(36)24(40)21(37)15(9)31)5(3)8-12(28)18(34)23(39)19(35)13(8)29;1-4-10-16(11-5-1)19(17-12-6-2-7-13-17)18-14-8-3-9-15-18/h1-2,25H;1-15H/q-1;+1. The minimum atomic E-state index is -2.93. The van der Waals surface area contributed by atoms with Gasteiger partial charge in [0.25, 0.3) is 0 Å². The first-order valence-corrected chi connectivity index (χ1v) is 17.0. The molecule has 0 N–H and O–H groups in total. The van der Waals surface area contributed by atoms with Crippen molar-refractivity contribution in [3.8, 4) is 39.1 Å². The highest BCUT2D eigenvalue weighted by atomic mass is 19.2. The van der Waals surface area contributed by atoms with E-state index >= 15 is 8.78 Å². The van der Waals surface area contributed by atoms with Gasteiger partial charge in [-0.25, -0.2) is 65.9 Å². The second kappa shape index (κ2) is 17.8. The molecule has 310 valence electrons. The van der Waals surface area contributed by atoms with Gasteiger partial charge in [0.15, 0.2) is 69.8 Å². The van der Waals surface area contributed by atoms with Crippen LogP contribution in [0.3, 0.4) is 0 Å². The predicted molar refractivity (Wildman–Crippen MR) is 190 cm³/mol. The molecule has 0 aliphatic rings. The van der Waals surface area contributed by atoms with Crippen LogP contribution < -0.4 is 9.68 Å². The Labute approximate surface area is 335 Å². The maximum Gasteiger partial charge on any atom is 0.232 e. The van der Waals surface area contributed by atoms with Crippen LogP contribution in [0.1, 0.15) is 16.7 Å². The molecule has 61 heavy (non-hydrogen) atoms. The molecule has 0 aliphatic heterocycles. The second-order valence-electron chi connectivity index (χ2n) is 12.4. The van der Waals surface area contributed by atoms with Crippen molar-refractivity contribution in [3.63, 3.8) is 0 Å². The molecular weight excluding hydrogens is 844 g/mol. The highest BCUT2D eigenvalue weighted by Crippen LogP contribution is 2.51. The molecular formula is C43H18BF15O2. The Hall–Kier alpha value is -6.82. The lowest BCUT2D eigenvalue weighted by Gasteiger charge is -2.23. The van der Waals surface area contributed by atoms with E-state index in [9.17, 15) is 62.1 Å². The van der Waals surface area contributed by atoms with Crippen LogP contribution in [0.25, 0.3) is 33.4 Å². The maximum atomic E-state index is 15.0.